The summed E-state index contributed by atoms with van der Waals surface area (Å²) in [6.45, 7) is 4.04. The Bertz CT molecular complexity index is 397. The quantitative estimate of drug-likeness (QED) is 0.635. The Hall–Kier alpha value is -1.32. The molecule has 1 saturated carbocycles. The van der Waals surface area contributed by atoms with Crippen molar-refractivity contribution in [1.29, 1.82) is 0 Å². The molecule has 0 unspecified atom stereocenters. The van der Waals surface area contributed by atoms with Crippen molar-refractivity contribution < 1.29 is 14.3 Å². The van der Waals surface area contributed by atoms with Crippen LogP contribution >= 0.6 is 0 Å². The monoisotopic (exact) mass is 279 g/mol. The molecule has 4 nitrogen and oxygen atoms in total. The van der Waals surface area contributed by atoms with Crippen LogP contribution in [0.4, 0.5) is 0 Å². The molecule has 1 fully saturated rings. The van der Waals surface area contributed by atoms with Gasteiger partial charge >= 0.3 is 5.97 Å². The summed E-state index contributed by atoms with van der Waals surface area (Å²) in [5.41, 5.74) is 0.995. The fourth-order valence-corrected chi connectivity index (χ4v) is 3.26. The van der Waals surface area contributed by atoms with Crippen molar-refractivity contribution in [3.63, 3.8) is 0 Å². The second-order valence-corrected chi connectivity index (χ2v) is 5.96. The number of ether oxygens (including phenoxy) is 1. The molecule has 112 valence electrons. The first-order chi connectivity index (χ1) is 9.61. The maximum absolute atomic E-state index is 12.2. The molecule has 2 aliphatic rings. The first kappa shape index (κ1) is 15.1. The molecular formula is C16H25NO3. The van der Waals surface area contributed by atoms with Gasteiger partial charge in [-0.05, 0) is 32.1 Å². The van der Waals surface area contributed by atoms with E-state index in [1.165, 1.54) is 32.1 Å². The molecule has 2 rings (SSSR count). The molecule has 0 bridgehead atoms. The third-order valence-electron chi connectivity index (χ3n) is 4.27. The van der Waals surface area contributed by atoms with Crippen molar-refractivity contribution >= 4 is 11.8 Å². The largest absolute Gasteiger partial charge is 0.465 e. The Morgan fingerprint density at radius 3 is 2.65 bits per heavy atom. The normalized spacial score (nSPS) is 27.9. The van der Waals surface area contributed by atoms with Gasteiger partial charge in [-0.15, -0.1) is 0 Å². The summed E-state index contributed by atoms with van der Waals surface area (Å²) >= 11 is 0. The lowest BCUT2D eigenvalue weighted by atomic mass is 9.81. The summed E-state index contributed by atoms with van der Waals surface area (Å²) in [6.07, 6.45) is 8.58. The number of carbonyl (C=O) groups excluding carboxylic acids is 2. The van der Waals surface area contributed by atoms with Crippen molar-refractivity contribution in [3.05, 3.63) is 11.8 Å². The Morgan fingerprint density at radius 1 is 1.35 bits per heavy atom. The van der Waals surface area contributed by atoms with E-state index in [2.05, 4.69) is 5.32 Å². The molecule has 0 amide bonds. The number of hydrogen-bond donors (Lipinski definition) is 1. The third kappa shape index (κ3) is 3.62. The summed E-state index contributed by atoms with van der Waals surface area (Å²) in [4.78, 5) is 24.0. The van der Waals surface area contributed by atoms with Crippen LogP contribution in [0.15, 0.2) is 11.8 Å². The van der Waals surface area contributed by atoms with Gasteiger partial charge in [0.05, 0.1) is 6.61 Å². The van der Waals surface area contributed by atoms with Crippen LogP contribution < -0.4 is 5.32 Å². The van der Waals surface area contributed by atoms with Crippen LogP contribution in [0.25, 0.3) is 0 Å². The lowest BCUT2D eigenvalue weighted by molar-refractivity contribution is -0.152. The van der Waals surface area contributed by atoms with E-state index < -0.39 is 5.92 Å². The molecule has 0 spiro atoms. The molecule has 0 aromatic rings. The van der Waals surface area contributed by atoms with Gasteiger partial charge in [0.25, 0.3) is 0 Å². The zero-order valence-corrected chi connectivity index (χ0v) is 12.5. The van der Waals surface area contributed by atoms with Crippen molar-refractivity contribution in [1.82, 2.24) is 5.32 Å². The maximum atomic E-state index is 12.2. The highest BCUT2D eigenvalue weighted by molar-refractivity contribution is 6.06. The number of rotatable bonds is 4. The van der Waals surface area contributed by atoms with E-state index in [1.807, 2.05) is 6.92 Å². The third-order valence-corrected chi connectivity index (χ3v) is 4.27. The Kier molecular flexibility index (Phi) is 5.21. The van der Waals surface area contributed by atoms with Crippen LogP contribution in [0, 0.1) is 11.8 Å². The topological polar surface area (TPSA) is 55.4 Å². The van der Waals surface area contributed by atoms with Gasteiger partial charge in [0.15, 0.2) is 5.78 Å². The molecule has 0 heterocycles. The number of carbonyl (C=O) groups is 2. The van der Waals surface area contributed by atoms with Gasteiger partial charge in [-0.3, -0.25) is 9.59 Å². The fourth-order valence-electron chi connectivity index (χ4n) is 3.26. The Labute approximate surface area is 120 Å². The summed E-state index contributed by atoms with van der Waals surface area (Å²) in [6, 6.07) is 0.495. The number of hydrogen-bond acceptors (Lipinski definition) is 4. The second kappa shape index (κ2) is 6.91. The van der Waals surface area contributed by atoms with Crippen LogP contribution in [-0.4, -0.2) is 24.4 Å². The highest BCUT2D eigenvalue weighted by Crippen LogP contribution is 2.28. The smallest absolute Gasteiger partial charge is 0.317 e. The summed E-state index contributed by atoms with van der Waals surface area (Å²) < 4.78 is 5.00. The number of allylic oxidation sites excluding steroid dienone is 2. The summed E-state index contributed by atoms with van der Waals surface area (Å²) in [5.74, 6) is -1.09. The van der Waals surface area contributed by atoms with E-state index in [-0.39, 0.29) is 17.7 Å². The Balaban J connectivity index is 1.98. The average molecular weight is 279 g/mol. The second-order valence-electron chi connectivity index (χ2n) is 5.96. The number of esters is 1. The number of ketones is 1. The summed E-state index contributed by atoms with van der Waals surface area (Å²) in [5, 5.41) is 3.50. The van der Waals surface area contributed by atoms with Crippen LogP contribution in [0.5, 0.6) is 0 Å². The van der Waals surface area contributed by atoms with Crippen molar-refractivity contribution in [3.8, 4) is 0 Å². The molecule has 20 heavy (non-hydrogen) atoms. The van der Waals surface area contributed by atoms with E-state index >= 15 is 0 Å². The fraction of sp³-hybridized carbons (Fsp3) is 0.750. The molecule has 0 aliphatic heterocycles. The zero-order chi connectivity index (χ0) is 14.5. The lowest BCUT2D eigenvalue weighted by Crippen LogP contribution is -2.39. The van der Waals surface area contributed by atoms with Gasteiger partial charge in [0.2, 0.25) is 0 Å². The molecule has 0 saturated heterocycles. The van der Waals surface area contributed by atoms with E-state index in [1.54, 1.807) is 13.0 Å². The van der Waals surface area contributed by atoms with Crippen LogP contribution in [0.2, 0.25) is 0 Å². The molecule has 2 aliphatic carbocycles. The standard InChI is InChI=1S/C16H25NO3/c1-3-20-16(19)15-11(2)9-13(10-14(15)18)17-12-7-5-4-6-8-12/h10-12,15,17H,3-9H2,1-2H3/t11-,15+/m1/s1. The Morgan fingerprint density at radius 2 is 2.05 bits per heavy atom. The van der Waals surface area contributed by atoms with E-state index in [0.717, 1.165) is 12.1 Å². The van der Waals surface area contributed by atoms with Crippen LogP contribution in [0.1, 0.15) is 52.4 Å². The summed E-state index contributed by atoms with van der Waals surface area (Å²) in [7, 11) is 0. The SMILES string of the molecule is CCOC(=O)[C@@H]1C(=O)C=C(NC2CCCCC2)C[C@H]1C. The predicted molar refractivity (Wildman–Crippen MR) is 77.0 cm³/mol. The number of nitrogens with one attached hydrogen (secondary N) is 1. The van der Waals surface area contributed by atoms with Gasteiger partial charge in [0.1, 0.15) is 5.92 Å². The maximum Gasteiger partial charge on any atom is 0.317 e. The van der Waals surface area contributed by atoms with E-state index in [0.29, 0.717) is 12.6 Å². The molecule has 1 N–H and O–H groups in total. The van der Waals surface area contributed by atoms with Gasteiger partial charge in [-0.2, -0.15) is 0 Å². The molecule has 0 aromatic carbocycles. The van der Waals surface area contributed by atoms with Gasteiger partial charge < -0.3 is 10.1 Å². The first-order valence-electron chi connectivity index (χ1n) is 7.79. The first-order valence-corrected chi connectivity index (χ1v) is 7.79. The molecule has 0 radical (unpaired) electrons. The molecule has 0 aromatic heterocycles. The molecular weight excluding hydrogens is 254 g/mol. The zero-order valence-electron chi connectivity index (χ0n) is 12.5. The van der Waals surface area contributed by atoms with E-state index in [4.69, 9.17) is 4.74 Å². The van der Waals surface area contributed by atoms with Gasteiger partial charge in [-0.1, -0.05) is 26.2 Å². The van der Waals surface area contributed by atoms with E-state index in [9.17, 15) is 9.59 Å². The van der Waals surface area contributed by atoms with Gasteiger partial charge in [-0.25, -0.2) is 0 Å². The van der Waals surface area contributed by atoms with Crippen LogP contribution in [0.3, 0.4) is 0 Å². The highest BCUT2D eigenvalue weighted by Gasteiger charge is 2.36. The molecule has 2 atom stereocenters. The van der Waals surface area contributed by atoms with Crippen LogP contribution in [-0.2, 0) is 14.3 Å². The predicted octanol–water partition coefficient (Wildman–Crippen LogP) is 2.58. The minimum Gasteiger partial charge on any atom is -0.465 e. The van der Waals surface area contributed by atoms with Gasteiger partial charge in [0, 0.05) is 17.8 Å². The van der Waals surface area contributed by atoms with Crippen molar-refractivity contribution in [2.24, 2.45) is 11.8 Å². The average Bonchev–Trinajstić information content (AvgIpc) is 2.39. The lowest BCUT2D eigenvalue weighted by Gasteiger charge is -2.30. The highest BCUT2D eigenvalue weighted by atomic mass is 16.5. The van der Waals surface area contributed by atoms with Crippen molar-refractivity contribution in [2.45, 2.75) is 58.4 Å². The molecule has 4 heteroatoms. The minimum absolute atomic E-state index is 0.0117. The van der Waals surface area contributed by atoms with Crippen molar-refractivity contribution in [2.75, 3.05) is 6.61 Å². The minimum atomic E-state index is -0.619.